The van der Waals surface area contributed by atoms with Crippen molar-refractivity contribution in [3.05, 3.63) is 35.9 Å². The van der Waals surface area contributed by atoms with Gasteiger partial charge in [-0.05, 0) is 24.8 Å². The van der Waals surface area contributed by atoms with Crippen LogP contribution in [0.25, 0.3) is 0 Å². The maximum absolute atomic E-state index is 13.0. The fourth-order valence-corrected chi connectivity index (χ4v) is 3.51. The average Bonchev–Trinajstić information content (AvgIpc) is 3.22. The number of aliphatic hydroxyl groups excluding tert-OH is 1. The number of carbonyl (C=O) groups is 3. The molecule has 0 aliphatic carbocycles. The predicted molar refractivity (Wildman–Crippen MR) is 102 cm³/mol. The van der Waals surface area contributed by atoms with Gasteiger partial charge in [0.2, 0.25) is 11.8 Å². The molecule has 0 spiro atoms. The number of hydrogen-bond acceptors (Lipinski definition) is 5. The van der Waals surface area contributed by atoms with Gasteiger partial charge in [-0.15, -0.1) is 0 Å². The van der Waals surface area contributed by atoms with Gasteiger partial charge in [0.05, 0.1) is 5.92 Å². The summed E-state index contributed by atoms with van der Waals surface area (Å²) < 4.78 is 0. The average molecular weight is 391 g/mol. The van der Waals surface area contributed by atoms with Gasteiger partial charge < -0.3 is 15.3 Å². The number of nitrogens with one attached hydrogen (secondary N) is 2. The second-order valence-corrected chi connectivity index (χ2v) is 7.06. The monoisotopic (exact) mass is 391 g/mol. The summed E-state index contributed by atoms with van der Waals surface area (Å²) in [4.78, 5) is 38.8. The summed E-state index contributed by atoms with van der Waals surface area (Å²) in [7, 11) is 0. The van der Waals surface area contributed by atoms with Gasteiger partial charge in [0.1, 0.15) is 12.1 Å². The Morgan fingerprint density at radius 1 is 1.25 bits per heavy atom. The molecule has 0 saturated carbocycles. The van der Waals surface area contributed by atoms with E-state index in [1.807, 2.05) is 37.3 Å². The molecule has 2 rings (SSSR count). The fourth-order valence-electron chi connectivity index (χ4n) is 3.51. The van der Waals surface area contributed by atoms with Crippen LogP contribution in [-0.2, 0) is 20.9 Å². The third-order valence-electron chi connectivity index (χ3n) is 5.09. The zero-order valence-electron chi connectivity index (χ0n) is 16.1. The summed E-state index contributed by atoms with van der Waals surface area (Å²) in [5.41, 5.74) is 2.36. The minimum Gasteiger partial charge on any atom is -0.382 e. The molecule has 1 saturated heterocycles. The van der Waals surface area contributed by atoms with Gasteiger partial charge in [0.15, 0.2) is 0 Å². The van der Waals surface area contributed by atoms with E-state index in [0.29, 0.717) is 38.8 Å². The van der Waals surface area contributed by atoms with E-state index in [0.717, 1.165) is 12.0 Å². The lowest BCUT2D eigenvalue weighted by Gasteiger charge is -2.30. The molecule has 0 aromatic heterocycles. The van der Waals surface area contributed by atoms with Crippen molar-refractivity contribution in [3.8, 4) is 0 Å². The van der Waals surface area contributed by atoms with Crippen LogP contribution >= 0.6 is 0 Å². The Morgan fingerprint density at radius 3 is 2.61 bits per heavy atom. The van der Waals surface area contributed by atoms with E-state index in [2.05, 4.69) is 5.32 Å². The summed E-state index contributed by atoms with van der Waals surface area (Å²) >= 11 is 0. The molecule has 1 heterocycles. The van der Waals surface area contributed by atoms with Crippen LogP contribution in [-0.4, -0.2) is 51.6 Å². The van der Waals surface area contributed by atoms with E-state index >= 15 is 0 Å². The van der Waals surface area contributed by atoms with E-state index in [9.17, 15) is 19.5 Å². The second-order valence-electron chi connectivity index (χ2n) is 7.06. The maximum atomic E-state index is 13.0. The second kappa shape index (κ2) is 10.8. The number of hydrogen-bond donors (Lipinski definition) is 4. The van der Waals surface area contributed by atoms with Crippen LogP contribution in [0.5, 0.6) is 0 Å². The molecule has 4 N–H and O–H groups in total. The minimum atomic E-state index is -1.65. The van der Waals surface area contributed by atoms with Crippen molar-refractivity contribution in [2.24, 2.45) is 5.92 Å². The number of nitrogens with zero attached hydrogens (tertiary/aromatic N) is 1. The highest BCUT2D eigenvalue weighted by atomic mass is 16.5. The number of hydroxylamine groups is 1. The molecule has 1 aliphatic heterocycles. The highest BCUT2D eigenvalue weighted by Gasteiger charge is 2.40. The number of amides is 3. The molecule has 0 unspecified atom stereocenters. The fraction of sp³-hybridized carbons (Fsp3) is 0.550. The predicted octanol–water partition coefficient (Wildman–Crippen LogP) is 0.967. The molecular formula is C20H29N3O5. The molecule has 3 amide bonds. The lowest BCUT2D eigenvalue weighted by atomic mass is 9.93. The van der Waals surface area contributed by atoms with Crippen molar-refractivity contribution >= 4 is 17.7 Å². The van der Waals surface area contributed by atoms with Crippen molar-refractivity contribution in [1.29, 1.82) is 0 Å². The minimum absolute atomic E-state index is 0.245. The molecule has 154 valence electrons. The molecule has 0 radical (unpaired) electrons. The zero-order chi connectivity index (χ0) is 20.5. The molecular weight excluding hydrogens is 362 g/mol. The Balaban J connectivity index is 2.05. The van der Waals surface area contributed by atoms with Crippen LogP contribution in [0.4, 0.5) is 0 Å². The van der Waals surface area contributed by atoms with Crippen LogP contribution in [0.15, 0.2) is 30.3 Å². The van der Waals surface area contributed by atoms with Crippen LogP contribution in [0, 0.1) is 5.92 Å². The SMILES string of the molecule is CCCC[C@@H](C(=O)N1CCC[C@H]1C(=O)NCc1ccccc1)[C@H](O)C(=O)NO. The van der Waals surface area contributed by atoms with E-state index in [-0.39, 0.29) is 5.91 Å². The highest BCUT2D eigenvalue weighted by molar-refractivity contribution is 5.92. The van der Waals surface area contributed by atoms with Gasteiger partial charge >= 0.3 is 0 Å². The smallest absolute Gasteiger partial charge is 0.272 e. The van der Waals surface area contributed by atoms with Gasteiger partial charge in [-0.1, -0.05) is 50.1 Å². The van der Waals surface area contributed by atoms with Crippen molar-refractivity contribution in [3.63, 3.8) is 0 Å². The van der Waals surface area contributed by atoms with Gasteiger partial charge in [-0.3, -0.25) is 19.6 Å². The molecule has 3 atom stereocenters. The topological polar surface area (TPSA) is 119 Å². The number of benzene rings is 1. The molecule has 28 heavy (non-hydrogen) atoms. The van der Waals surface area contributed by atoms with Crippen LogP contribution < -0.4 is 10.8 Å². The summed E-state index contributed by atoms with van der Waals surface area (Å²) in [6, 6.07) is 8.86. The third-order valence-corrected chi connectivity index (χ3v) is 5.09. The summed E-state index contributed by atoms with van der Waals surface area (Å²) in [6.07, 6.45) is 1.30. The summed E-state index contributed by atoms with van der Waals surface area (Å²) in [6.45, 7) is 2.71. The maximum Gasteiger partial charge on any atom is 0.272 e. The Hall–Kier alpha value is -2.45. The molecule has 1 aliphatic rings. The van der Waals surface area contributed by atoms with Gasteiger partial charge in [-0.25, -0.2) is 5.48 Å². The highest BCUT2D eigenvalue weighted by Crippen LogP contribution is 2.24. The van der Waals surface area contributed by atoms with E-state index < -0.39 is 29.9 Å². The van der Waals surface area contributed by atoms with E-state index in [1.165, 1.54) is 10.4 Å². The lowest BCUT2D eigenvalue weighted by molar-refractivity contribution is -0.152. The van der Waals surface area contributed by atoms with Gasteiger partial charge in [-0.2, -0.15) is 0 Å². The Morgan fingerprint density at radius 2 is 1.96 bits per heavy atom. The third kappa shape index (κ3) is 5.53. The lowest BCUT2D eigenvalue weighted by Crippen LogP contribution is -2.51. The number of aliphatic hydroxyl groups is 1. The first kappa shape index (κ1) is 21.8. The van der Waals surface area contributed by atoms with E-state index in [4.69, 9.17) is 5.21 Å². The quantitative estimate of drug-likeness (QED) is 0.369. The van der Waals surface area contributed by atoms with Crippen LogP contribution in [0.2, 0.25) is 0 Å². The first-order valence-corrected chi connectivity index (χ1v) is 9.73. The molecule has 1 aromatic carbocycles. The number of likely N-dealkylation sites (tertiary alicyclic amines) is 1. The molecule has 8 heteroatoms. The van der Waals surface area contributed by atoms with Crippen molar-refractivity contribution < 1.29 is 24.7 Å². The van der Waals surface area contributed by atoms with Gasteiger partial charge in [0, 0.05) is 13.1 Å². The normalized spacial score (nSPS) is 18.4. The van der Waals surface area contributed by atoms with Crippen molar-refractivity contribution in [2.75, 3.05) is 6.54 Å². The first-order valence-electron chi connectivity index (χ1n) is 9.73. The Kier molecular flexibility index (Phi) is 8.41. The Bertz CT molecular complexity index is 667. The summed E-state index contributed by atoms with van der Waals surface area (Å²) in [5.74, 6) is -2.68. The molecule has 8 nitrogen and oxygen atoms in total. The van der Waals surface area contributed by atoms with Gasteiger partial charge in [0.25, 0.3) is 5.91 Å². The molecule has 1 aromatic rings. The summed E-state index contributed by atoms with van der Waals surface area (Å²) in [5, 5.41) is 21.8. The zero-order valence-corrected chi connectivity index (χ0v) is 16.1. The first-order chi connectivity index (χ1) is 13.5. The van der Waals surface area contributed by atoms with Crippen LogP contribution in [0.1, 0.15) is 44.6 Å². The number of carbonyl (C=O) groups excluding carboxylic acids is 3. The van der Waals surface area contributed by atoms with E-state index in [1.54, 1.807) is 0 Å². The molecule has 1 fully saturated rings. The molecule has 0 bridgehead atoms. The number of unbranched alkanes of at least 4 members (excludes halogenated alkanes) is 1. The largest absolute Gasteiger partial charge is 0.382 e. The Labute approximate surface area is 164 Å². The number of rotatable bonds is 9. The van der Waals surface area contributed by atoms with Crippen molar-refractivity contribution in [2.45, 2.75) is 57.7 Å². The standard InChI is InChI=1S/C20H29N3O5/c1-2-3-10-15(17(24)19(26)22-28)20(27)23-12-7-11-16(23)18(25)21-13-14-8-5-4-6-9-14/h4-6,8-9,15-17,24,28H,2-3,7,10-13H2,1H3,(H,21,25)(H,22,26)/t15-,16+,17+/m1/s1. The van der Waals surface area contributed by atoms with Crippen molar-refractivity contribution in [1.82, 2.24) is 15.7 Å². The van der Waals surface area contributed by atoms with Crippen LogP contribution in [0.3, 0.4) is 0 Å².